The predicted octanol–water partition coefficient (Wildman–Crippen LogP) is 1.97. The molecule has 0 unspecified atom stereocenters. The minimum atomic E-state index is 0.0933. The van der Waals surface area contributed by atoms with Gasteiger partial charge in [-0.15, -0.1) is 0 Å². The van der Waals surface area contributed by atoms with E-state index in [-0.39, 0.29) is 5.91 Å². The third-order valence-corrected chi connectivity index (χ3v) is 1.96. The average molecular weight is 201 g/mol. The van der Waals surface area contributed by atoms with Crippen LogP contribution in [0.5, 0.6) is 0 Å². The normalized spacial score (nSPS) is 10.6. The second-order valence-electron chi connectivity index (χ2n) is 3.85. The van der Waals surface area contributed by atoms with Crippen LogP contribution in [0, 0.1) is 5.92 Å². The van der Waals surface area contributed by atoms with Crippen LogP contribution >= 0.6 is 0 Å². The lowest BCUT2D eigenvalue weighted by Gasteiger charge is -2.06. The molecule has 0 aromatic rings. The van der Waals surface area contributed by atoms with Crippen LogP contribution in [-0.4, -0.2) is 25.7 Å². The van der Waals surface area contributed by atoms with Crippen molar-refractivity contribution in [3.8, 4) is 0 Å². The second-order valence-corrected chi connectivity index (χ2v) is 3.85. The first kappa shape index (κ1) is 13.4. The van der Waals surface area contributed by atoms with Crippen molar-refractivity contribution < 1.29 is 9.53 Å². The van der Waals surface area contributed by atoms with E-state index in [9.17, 15) is 4.79 Å². The molecule has 0 aromatic carbocycles. The van der Waals surface area contributed by atoms with Gasteiger partial charge in [0.1, 0.15) is 0 Å². The van der Waals surface area contributed by atoms with Gasteiger partial charge in [-0.3, -0.25) is 4.79 Å². The number of ether oxygens (including phenoxy) is 1. The molecule has 0 bridgehead atoms. The van der Waals surface area contributed by atoms with Gasteiger partial charge >= 0.3 is 0 Å². The van der Waals surface area contributed by atoms with E-state index in [4.69, 9.17) is 4.74 Å². The summed E-state index contributed by atoms with van der Waals surface area (Å²) in [4.78, 5) is 10.8. The van der Waals surface area contributed by atoms with Gasteiger partial charge in [0.15, 0.2) is 0 Å². The lowest BCUT2D eigenvalue weighted by molar-refractivity contribution is -0.121. The molecule has 0 fully saturated rings. The molecule has 3 nitrogen and oxygen atoms in total. The summed E-state index contributed by atoms with van der Waals surface area (Å²) in [5, 5.41) is 2.77. The van der Waals surface area contributed by atoms with Gasteiger partial charge in [0.05, 0.1) is 6.61 Å². The highest BCUT2D eigenvalue weighted by Crippen LogP contribution is 2.02. The Morgan fingerprint density at radius 2 is 2.07 bits per heavy atom. The third-order valence-electron chi connectivity index (χ3n) is 1.96. The Labute approximate surface area is 87.2 Å². The molecule has 0 radical (unpaired) electrons. The molecule has 0 rings (SSSR count). The molecule has 0 heterocycles. The molecule has 1 N–H and O–H groups in total. The van der Waals surface area contributed by atoms with E-state index in [1.54, 1.807) is 0 Å². The van der Waals surface area contributed by atoms with Gasteiger partial charge in [-0.25, -0.2) is 0 Å². The molecule has 0 aliphatic rings. The molecular weight excluding hydrogens is 178 g/mol. The predicted molar refractivity (Wildman–Crippen MR) is 58.2 cm³/mol. The minimum absolute atomic E-state index is 0.0933. The van der Waals surface area contributed by atoms with Crippen LogP contribution in [0.25, 0.3) is 0 Å². The van der Waals surface area contributed by atoms with Crippen LogP contribution in [0.4, 0.5) is 0 Å². The molecule has 0 saturated heterocycles. The largest absolute Gasteiger partial charge is 0.380 e. The van der Waals surface area contributed by atoms with Crippen molar-refractivity contribution in [2.24, 2.45) is 5.92 Å². The summed E-state index contributed by atoms with van der Waals surface area (Å²) in [5.41, 5.74) is 0. The van der Waals surface area contributed by atoms with E-state index in [0.29, 0.717) is 19.6 Å². The maximum absolute atomic E-state index is 10.8. The Morgan fingerprint density at radius 3 is 2.64 bits per heavy atom. The molecule has 0 aliphatic carbocycles. The molecule has 1 amide bonds. The van der Waals surface area contributed by atoms with Crippen LogP contribution in [0.1, 0.15) is 40.0 Å². The van der Waals surface area contributed by atoms with Crippen molar-refractivity contribution in [3.05, 3.63) is 0 Å². The van der Waals surface area contributed by atoms with Gasteiger partial charge in [0, 0.05) is 19.6 Å². The molecular formula is C11H23NO2. The van der Waals surface area contributed by atoms with Crippen molar-refractivity contribution in [2.45, 2.75) is 40.0 Å². The van der Waals surface area contributed by atoms with E-state index in [0.717, 1.165) is 18.9 Å². The van der Waals surface area contributed by atoms with E-state index < -0.39 is 0 Å². The molecule has 0 aromatic heterocycles. The number of amides is 1. The van der Waals surface area contributed by atoms with E-state index in [2.05, 4.69) is 19.2 Å². The second kappa shape index (κ2) is 9.00. The smallest absolute Gasteiger partial charge is 0.219 e. The van der Waals surface area contributed by atoms with Crippen LogP contribution < -0.4 is 5.32 Å². The summed E-state index contributed by atoms with van der Waals surface area (Å²) in [6.45, 7) is 8.33. The van der Waals surface area contributed by atoms with Crippen molar-refractivity contribution in [1.82, 2.24) is 5.32 Å². The zero-order valence-electron chi connectivity index (χ0n) is 9.64. The van der Waals surface area contributed by atoms with Crippen molar-refractivity contribution in [2.75, 3.05) is 19.8 Å². The Hall–Kier alpha value is -0.570. The monoisotopic (exact) mass is 201 g/mol. The Kier molecular flexibility index (Phi) is 8.64. The zero-order valence-corrected chi connectivity index (χ0v) is 9.64. The topological polar surface area (TPSA) is 38.3 Å². The Morgan fingerprint density at radius 1 is 1.36 bits per heavy atom. The van der Waals surface area contributed by atoms with E-state index in [1.807, 2.05) is 6.92 Å². The zero-order chi connectivity index (χ0) is 10.8. The summed E-state index contributed by atoms with van der Waals surface area (Å²) in [6, 6.07) is 0. The summed E-state index contributed by atoms with van der Waals surface area (Å²) < 4.78 is 5.36. The highest BCUT2D eigenvalue weighted by atomic mass is 16.5. The number of carbonyl (C=O) groups excluding carboxylic acids is 1. The third kappa shape index (κ3) is 9.52. The lowest BCUT2D eigenvalue weighted by atomic mass is 10.1. The molecule has 84 valence electrons. The number of carbonyl (C=O) groups is 1. The molecule has 3 heteroatoms. The van der Waals surface area contributed by atoms with Gasteiger partial charge in [-0.05, 0) is 18.8 Å². The van der Waals surface area contributed by atoms with Gasteiger partial charge in [-0.1, -0.05) is 20.8 Å². The van der Waals surface area contributed by atoms with Crippen LogP contribution in [0.3, 0.4) is 0 Å². The van der Waals surface area contributed by atoms with Crippen LogP contribution in [0.15, 0.2) is 0 Å². The first-order valence-corrected chi connectivity index (χ1v) is 5.51. The molecule has 0 atom stereocenters. The highest BCUT2D eigenvalue weighted by Gasteiger charge is 1.96. The van der Waals surface area contributed by atoms with E-state index >= 15 is 0 Å². The summed E-state index contributed by atoms with van der Waals surface area (Å²) >= 11 is 0. The van der Waals surface area contributed by atoms with Gasteiger partial charge in [-0.2, -0.15) is 0 Å². The first-order valence-electron chi connectivity index (χ1n) is 5.51. The van der Waals surface area contributed by atoms with Gasteiger partial charge < -0.3 is 10.1 Å². The van der Waals surface area contributed by atoms with Crippen LogP contribution in [0.2, 0.25) is 0 Å². The number of nitrogens with one attached hydrogen (secondary N) is 1. The summed E-state index contributed by atoms with van der Waals surface area (Å²) in [6.07, 6.45) is 2.87. The minimum Gasteiger partial charge on any atom is -0.380 e. The number of hydrogen-bond donors (Lipinski definition) is 1. The molecule has 0 saturated carbocycles. The first-order chi connectivity index (χ1) is 6.66. The van der Waals surface area contributed by atoms with E-state index in [1.165, 1.54) is 6.42 Å². The fourth-order valence-electron chi connectivity index (χ4n) is 1.08. The molecule has 0 spiro atoms. The summed E-state index contributed by atoms with van der Waals surface area (Å²) in [5.74, 6) is 0.842. The average Bonchev–Trinajstić information content (AvgIpc) is 2.15. The Balaban J connectivity index is 3.03. The van der Waals surface area contributed by atoms with Crippen molar-refractivity contribution in [3.63, 3.8) is 0 Å². The van der Waals surface area contributed by atoms with Crippen molar-refractivity contribution in [1.29, 1.82) is 0 Å². The highest BCUT2D eigenvalue weighted by molar-refractivity contribution is 5.75. The standard InChI is InChI=1S/C11H23NO2/c1-4-11(13)12-7-9-14-8-5-6-10(2)3/h10H,4-9H2,1-3H3,(H,12,13). The van der Waals surface area contributed by atoms with Crippen molar-refractivity contribution >= 4 is 5.91 Å². The molecule has 0 aliphatic heterocycles. The lowest BCUT2D eigenvalue weighted by Crippen LogP contribution is -2.26. The molecule has 14 heavy (non-hydrogen) atoms. The van der Waals surface area contributed by atoms with Gasteiger partial charge in [0.25, 0.3) is 0 Å². The fourth-order valence-corrected chi connectivity index (χ4v) is 1.08. The fraction of sp³-hybridized carbons (Fsp3) is 0.909. The quantitative estimate of drug-likeness (QED) is 0.610. The maximum Gasteiger partial charge on any atom is 0.219 e. The maximum atomic E-state index is 10.8. The Bertz CT molecular complexity index is 146. The summed E-state index contributed by atoms with van der Waals surface area (Å²) in [7, 11) is 0. The van der Waals surface area contributed by atoms with Gasteiger partial charge in [0.2, 0.25) is 5.91 Å². The van der Waals surface area contributed by atoms with Crippen LogP contribution in [-0.2, 0) is 9.53 Å². The number of hydrogen-bond acceptors (Lipinski definition) is 2. The number of rotatable bonds is 8. The SMILES string of the molecule is CCC(=O)NCCOCCCC(C)C.